The summed E-state index contributed by atoms with van der Waals surface area (Å²) in [4.78, 5) is 22.7. The SMILES string of the molecule is Cc1ccc(C)c(C(=O)Nc2ccc(C=O)cc2)c1. The standard InChI is InChI=1S/C16H15NO2/c1-11-3-4-12(2)15(9-11)16(19)17-14-7-5-13(10-18)6-8-14/h3-10H,1-2H3,(H,17,19). The maximum Gasteiger partial charge on any atom is 0.255 e. The van der Waals surface area contributed by atoms with Gasteiger partial charge in [-0.05, 0) is 49.7 Å². The molecule has 0 saturated heterocycles. The number of amides is 1. The van der Waals surface area contributed by atoms with Gasteiger partial charge in [0.25, 0.3) is 5.91 Å². The fourth-order valence-corrected chi connectivity index (χ4v) is 1.82. The molecule has 0 bridgehead atoms. The van der Waals surface area contributed by atoms with Crippen molar-refractivity contribution in [1.29, 1.82) is 0 Å². The molecule has 3 heteroatoms. The highest BCUT2D eigenvalue weighted by Crippen LogP contribution is 2.14. The zero-order valence-electron chi connectivity index (χ0n) is 10.9. The first kappa shape index (κ1) is 13.0. The lowest BCUT2D eigenvalue weighted by atomic mass is 10.0. The highest BCUT2D eigenvalue weighted by molar-refractivity contribution is 6.05. The molecular formula is C16H15NO2. The number of aldehydes is 1. The van der Waals surface area contributed by atoms with Gasteiger partial charge in [-0.15, -0.1) is 0 Å². The van der Waals surface area contributed by atoms with Crippen molar-refractivity contribution in [2.24, 2.45) is 0 Å². The van der Waals surface area contributed by atoms with Crippen molar-refractivity contribution in [3.05, 3.63) is 64.7 Å². The predicted molar refractivity (Wildman–Crippen MR) is 75.7 cm³/mol. The zero-order valence-corrected chi connectivity index (χ0v) is 10.9. The molecule has 0 spiro atoms. The summed E-state index contributed by atoms with van der Waals surface area (Å²) in [5.74, 6) is -0.139. The molecule has 0 radical (unpaired) electrons. The third-order valence-corrected chi connectivity index (χ3v) is 2.94. The molecule has 0 aromatic heterocycles. The molecule has 0 aliphatic carbocycles. The van der Waals surface area contributed by atoms with E-state index in [0.717, 1.165) is 17.4 Å². The van der Waals surface area contributed by atoms with Crippen molar-refractivity contribution >= 4 is 17.9 Å². The Balaban J connectivity index is 2.20. The number of anilines is 1. The fourth-order valence-electron chi connectivity index (χ4n) is 1.82. The first-order valence-corrected chi connectivity index (χ1v) is 6.04. The lowest BCUT2D eigenvalue weighted by molar-refractivity contribution is 0.102. The van der Waals surface area contributed by atoms with Gasteiger partial charge in [0, 0.05) is 16.8 Å². The molecule has 2 aromatic carbocycles. The van der Waals surface area contributed by atoms with Gasteiger partial charge in [-0.3, -0.25) is 9.59 Å². The van der Waals surface area contributed by atoms with E-state index in [9.17, 15) is 9.59 Å². The number of carbonyl (C=O) groups is 2. The Kier molecular flexibility index (Phi) is 3.76. The molecule has 2 rings (SSSR count). The number of aryl methyl sites for hydroxylation is 2. The molecule has 19 heavy (non-hydrogen) atoms. The van der Waals surface area contributed by atoms with Gasteiger partial charge in [0.1, 0.15) is 6.29 Å². The van der Waals surface area contributed by atoms with Gasteiger partial charge < -0.3 is 5.32 Å². The summed E-state index contributed by atoms with van der Waals surface area (Å²) >= 11 is 0. The molecule has 3 nitrogen and oxygen atoms in total. The van der Waals surface area contributed by atoms with Crippen LogP contribution in [0.3, 0.4) is 0 Å². The lowest BCUT2D eigenvalue weighted by Crippen LogP contribution is -2.13. The van der Waals surface area contributed by atoms with Gasteiger partial charge in [-0.25, -0.2) is 0 Å². The van der Waals surface area contributed by atoms with Gasteiger partial charge in [0.05, 0.1) is 0 Å². The van der Waals surface area contributed by atoms with Crippen LogP contribution in [0.25, 0.3) is 0 Å². The van der Waals surface area contributed by atoms with Crippen LogP contribution >= 0.6 is 0 Å². The highest BCUT2D eigenvalue weighted by Gasteiger charge is 2.09. The van der Waals surface area contributed by atoms with Gasteiger partial charge in [0.15, 0.2) is 0 Å². The summed E-state index contributed by atoms with van der Waals surface area (Å²) in [5, 5.41) is 2.82. The minimum absolute atomic E-state index is 0.139. The fraction of sp³-hybridized carbons (Fsp3) is 0.125. The van der Waals surface area contributed by atoms with Crippen LogP contribution in [0.5, 0.6) is 0 Å². The number of hydrogen-bond donors (Lipinski definition) is 1. The van der Waals surface area contributed by atoms with Crippen LogP contribution in [0.15, 0.2) is 42.5 Å². The van der Waals surface area contributed by atoms with Crippen molar-refractivity contribution in [2.45, 2.75) is 13.8 Å². The minimum Gasteiger partial charge on any atom is -0.322 e. The smallest absolute Gasteiger partial charge is 0.255 e. The van der Waals surface area contributed by atoms with Crippen LogP contribution in [0, 0.1) is 13.8 Å². The average Bonchev–Trinajstić information content (AvgIpc) is 2.42. The molecule has 0 aliphatic rings. The van der Waals surface area contributed by atoms with E-state index in [0.29, 0.717) is 16.8 Å². The predicted octanol–water partition coefficient (Wildman–Crippen LogP) is 3.37. The van der Waals surface area contributed by atoms with Crippen LogP contribution < -0.4 is 5.32 Å². The maximum absolute atomic E-state index is 12.2. The summed E-state index contributed by atoms with van der Waals surface area (Å²) in [6, 6.07) is 12.5. The van der Waals surface area contributed by atoms with Gasteiger partial charge in [0.2, 0.25) is 0 Å². The Morgan fingerprint density at radius 3 is 2.37 bits per heavy atom. The van der Waals surface area contributed by atoms with Crippen LogP contribution in [0.4, 0.5) is 5.69 Å². The van der Waals surface area contributed by atoms with Crippen molar-refractivity contribution in [3.63, 3.8) is 0 Å². The summed E-state index contributed by atoms with van der Waals surface area (Å²) < 4.78 is 0. The monoisotopic (exact) mass is 253 g/mol. The first-order valence-electron chi connectivity index (χ1n) is 6.04. The zero-order chi connectivity index (χ0) is 13.8. The topological polar surface area (TPSA) is 46.2 Å². The van der Waals surface area contributed by atoms with E-state index in [1.54, 1.807) is 24.3 Å². The Labute approximate surface area is 112 Å². The molecule has 0 aliphatic heterocycles. The average molecular weight is 253 g/mol. The van der Waals surface area contributed by atoms with E-state index >= 15 is 0 Å². The number of hydrogen-bond acceptors (Lipinski definition) is 2. The number of nitrogens with one attached hydrogen (secondary N) is 1. The van der Waals surface area contributed by atoms with E-state index in [-0.39, 0.29) is 5.91 Å². The van der Waals surface area contributed by atoms with E-state index in [2.05, 4.69) is 5.32 Å². The molecule has 96 valence electrons. The van der Waals surface area contributed by atoms with Gasteiger partial charge in [-0.1, -0.05) is 17.7 Å². The van der Waals surface area contributed by atoms with Crippen LogP contribution in [0.2, 0.25) is 0 Å². The van der Waals surface area contributed by atoms with E-state index < -0.39 is 0 Å². The minimum atomic E-state index is -0.139. The molecule has 0 atom stereocenters. The largest absolute Gasteiger partial charge is 0.322 e. The van der Waals surface area contributed by atoms with Crippen molar-refractivity contribution in [2.75, 3.05) is 5.32 Å². The number of benzene rings is 2. The maximum atomic E-state index is 12.2. The molecule has 0 unspecified atom stereocenters. The number of rotatable bonds is 3. The van der Waals surface area contributed by atoms with Crippen LogP contribution in [0.1, 0.15) is 31.8 Å². The van der Waals surface area contributed by atoms with Gasteiger partial charge >= 0.3 is 0 Å². The number of carbonyl (C=O) groups excluding carboxylic acids is 2. The Bertz CT molecular complexity index is 615. The molecule has 0 heterocycles. The van der Waals surface area contributed by atoms with Crippen molar-refractivity contribution < 1.29 is 9.59 Å². The Hall–Kier alpha value is -2.42. The third-order valence-electron chi connectivity index (χ3n) is 2.94. The van der Waals surface area contributed by atoms with Crippen LogP contribution in [-0.4, -0.2) is 12.2 Å². The van der Waals surface area contributed by atoms with E-state index in [1.165, 1.54) is 0 Å². The molecule has 0 fully saturated rings. The first-order chi connectivity index (χ1) is 9.10. The summed E-state index contributed by atoms with van der Waals surface area (Å²) in [5.41, 5.74) is 3.92. The molecule has 0 saturated carbocycles. The van der Waals surface area contributed by atoms with Crippen molar-refractivity contribution in [3.8, 4) is 0 Å². The second kappa shape index (κ2) is 5.48. The third kappa shape index (κ3) is 3.07. The second-order valence-corrected chi connectivity index (χ2v) is 4.51. The Morgan fingerprint density at radius 2 is 1.74 bits per heavy atom. The van der Waals surface area contributed by atoms with E-state index in [1.807, 2.05) is 32.0 Å². The summed E-state index contributed by atoms with van der Waals surface area (Å²) in [6.07, 6.45) is 0.774. The molecular weight excluding hydrogens is 238 g/mol. The normalized spacial score (nSPS) is 10.0. The highest BCUT2D eigenvalue weighted by atomic mass is 16.1. The van der Waals surface area contributed by atoms with Crippen molar-refractivity contribution in [1.82, 2.24) is 0 Å². The molecule has 1 N–H and O–H groups in total. The van der Waals surface area contributed by atoms with E-state index in [4.69, 9.17) is 0 Å². The summed E-state index contributed by atoms with van der Waals surface area (Å²) in [6.45, 7) is 3.86. The Morgan fingerprint density at radius 1 is 1.05 bits per heavy atom. The van der Waals surface area contributed by atoms with Crippen LogP contribution in [-0.2, 0) is 0 Å². The quantitative estimate of drug-likeness (QED) is 0.852. The second-order valence-electron chi connectivity index (χ2n) is 4.51. The molecule has 2 aromatic rings. The molecule has 1 amide bonds. The lowest BCUT2D eigenvalue weighted by Gasteiger charge is -2.08. The summed E-state index contributed by atoms with van der Waals surface area (Å²) in [7, 11) is 0. The van der Waals surface area contributed by atoms with Gasteiger partial charge in [-0.2, -0.15) is 0 Å².